The van der Waals surface area contributed by atoms with Gasteiger partial charge in [-0.2, -0.15) is 0 Å². The Hall–Kier alpha value is -2.17. The number of hydrogen-bond acceptors (Lipinski definition) is 5. The Morgan fingerprint density at radius 1 is 1.23 bits per heavy atom. The average molecular weight is 472 g/mol. The number of oxazole rings is 1. The molecule has 0 unspecified atom stereocenters. The number of nitrogens with zero attached hydrogens (tertiary/aromatic N) is 3. The number of carbonyl (C=O) groups excluding carboxylic acids is 1. The summed E-state index contributed by atoms with van der Waals surface area (Å²) in [7, 11) is 0. The molecule has 0 atom stereocenters. The van der Waals surface area contributed by atoms with Crippen molar-refractivity contribution < 1.29 is 9.21 Å². The molecule has 2 aromatic heterocycles. The molecule has 8 nitrogen and oxygen atoms in total. The number of aromatic nitrogens is 2. The minimum Gasteiger partial charge on any atom is -0.444 e. The molecular formula is C17H25IN6O2. The van der Waals surface area contributed by atoms with Crippen LogP contribution in [-0.4, -0.2) is 41.5 Å². The molecule has 0 radical (unpaired) electrons. The van der Waals surface area contributed by atoms with E-state index in [1.54, 1.807) is 18.3 Å². The third kappa shape index (κ3) is 6.98. The van der Waals surface area contributed by atoms with Gasteiger partial charge in [0.25, 0.3) is 5.91 Å². The molecule has 0 aliphatic heterocycles. The Balaban J connectivity index is 0.00000338. The molecule has 2 heterocycles. The molecule has 0 spiro atoms. The lowest BCUT2D eigenvalue weighted by molar-refractivity contribution is 0.0954. The summed E-state index contributed by atoms with van der Waals surface area (Å²) in [5, 5.41) is 9.13. The van der Waals surface area contributed by atoms with Crippen molar-refractivity contribution in [3.05, 3.63) is 47.4 Å². The van der Waals surface area contributed by atoms with E-state index in [-0.39, 0.29) is 29.9 Å². The second-order valence-electron chi connectivity index (χ2n) is 5.37. The van der Waals surface area contributed by atoms with Crippen molar-refractivity contribution in [2.75, 3.05) is 19.6 Å². The van der Waals surface area contributed by atoms with Gasteiger partial charge in [0.15, 0.2) is 5.96 Å². The van der Waals surface area contributed by atoms with Gasteiger partial charge in [0, 0.05) is 32.0 Å². The number of guanidine groups is 1. The molecule has 2 rings (SSSR count). The Morgan fingerprint density at radius 2 is 2.00 bits per heavy atom. The summed E-state index contributed by atoms with van der Waals surface area (Å²) in [4.78, 5) is 24.6. The predicted octanol–water partition coefficient (Wildman–Crippen LogP) is 1.79. The van der Waals surface area contributed by atoms with Gasteiger partial charge in [0.2, 0.25) is 5.89 Å². The van der Waals surface area contributed by atoms with Crippen LogP contribution in [0.15, 0.2) is 33.9 Å². The van der Waals surface area contributed by atoms with Gasteiger partial charge in [-0.1, -0.05) is 0 Å². The third-order valence-corrected chi connectivity index (χ3v) is 3.42. The van der Waals surface area contributed by atoms with Crippen LogP contribution in [0.4, 0.5) is 0 Å². The zero-order chi connectivity index (χ0) is 18.1. The first-order chi connectivity index (χ1) is 12.1. The van der Waals surface area contributed by atoms with Crippen LogP contribution in [0.1, 0.15) is 34.6 Å². The average Bonchev–Trinajstić information content (AvgIpc) is 2.95. The van der Waals surface area contributed by atoms with E-state index in [4.69, 9.17) is 4.42 Å². The van der Waals surface area contributed by atoms with E-state index in [0.717, 1.165) is 18.0 Å². The third-order valence-electron chi connectivity index (χ3n) is 3.42. The summed E-state index contributed by atoms with van der Waals surface area (Å²) in [6, 6.07) is 3.46. The summed E-state index contributed by atoms with van der Waals surface area (Å²) in [6.45, 7) is 7.87. The molecule has 0 fully saturated rings. The monoisotopic (exact) mass is 472 g/mol. The number of carbonyl (C=O) groups is 1. The van der Waals surface area contributed by atoms with Crippen LogP contribution < -0.4 is 16.0 Å². The van der Waals surface area contributed by atoms with Gasteiger partial charge in [-0.05, 0) is 32.9 Å². The number of amides is 1. The summed E-state index contributed by atoms with van der Waals surface area (Å²) < 4.78 is 5.51. The number of nitrogens with one attached hydrogen (secondary N) is 3. The lowest BCUT2D eigenvalue weighted by Crippen LogP contribution is -2.41. The number of aryl methyl sites for hydroxylation is 2. The predicted molar refractivity (Wildman–Crippen MR) is 111 cm³/mol. The molecule has 0 saturated heterocycles. The van der Waals surface area contributed by atoms with E-state index < -0.39 is 0 Å². The van der Waals surface area contributed by atoms with E-state index in [1.807, 2.05) is 20.8 Å². The molecule has 0 aliphatic rings. The fraction of sp³-hybridized carbons (Fsp3) is 0.412. The Morgan fingerprint density at radius 3 is 2.62 bits per heavy atom. The highest BCUT2D eigenvalue weighted by molar-refractivity contribution is 14.0. The van der Waals surface area contributed by atoms with Crippen molar-refractivity contribution in [2.24, 2.45) is 4.99 Å². The molecule has 0 saturated carbocycles. The molecule has 1 amide bonds. The van der Waals surface area contributed by atoms with Crippen LogP contribution in [-0.2, 0) is 6.54 Å². The zero-order valence-electron chi connectivity index (χ0n) is 15.2. The van der Waals surface area contributed by atoms with Gasteiger partial charge in [0.05, 0.1) is 11.3 Å². The fourth-order valence-corrected chi connectivity index (χ4v) is 2.05. The van der Waals surface area contributed by atoms with E-state index in [1.165, 1.54) is 6.20 Å². The number of hydrogen-bond donors (Lipinski definition) is 3. The maximum atomic E-state index is 11.9. The maximum Gasteiger partial charge on any atom is 0.252 e. The molecular weight excluding hydrogens is 447 g/mol. The van der Waals surface area contributed by atoms with Gasteiger partial charge in [-0.25, -0.2) is 9.98 Å². The summed E-state index contributed by atoms with van der Waals surface area (Å²) >= 11 is 0. The van der Waals surface area contributed by atoms with E-state index in [0.29, 0.717) is 37.0 Å². The number of rotatable bonds is 7. The first-order valence-corrected chi connectivity index (χ1v) is 8.23. The largest absolute Gasteiger partial charge is 0.444 e. The van der Waals surface area contributed by atoms with E-state index in [9.17, 15) is 4.79 Å². The molecule has 3 N–H and O–H groups in total. The van der Waals surface area contributed by atoms with Crippen molar-refractivity contribution in [1.29, 1.82) is 0 Å². The smallest absolute Gasteiger partial charge is 0.252 e. The molecule has 0 bridgehead atoms. The van der Waals surface area contributed by atoms with Crippen LogP contribution in [0.25, 0.3) is 0 Å². The highest BCUT2D eigenvalue weighted by Gasteiger charge is 2.06. The highest BCUT2D eigenvalue weighted by atomic mass is 127. The van der Waals surface area contributed by atoms with Crippen LogP contribution in [0.2, 0.25) is 0 Å². The second-order valence-corrected chi connectivity index (χ2v) is 5.37. The minimum atomic E-state index is -0.150. The minimum absolute atomic E-state index is 0. The van der Waals surface area contributed by atoms with Crippen LogP contribution in [0.5, 0.6) is 0 Å². The fourth-order valence-electron chi connectivity index (χ4n) is 2.05. The van der Waals surface area contributed by atoms with Crippen LogP contribution in [0, 0.1) is 13.8 Å². The zero-order valence-corrected chi connectivity index (χ0v) is 17.5. The summed E-state index contributed by atoms with van der Waals surface area (Å²) in [5.41, 5.74) is 1.42. The van der Waals surface area contributed by atoms with Crippen molar-refractivity contribution in [2.45, 2.75) is 27.3 Å². The number of pyridine rings is 1. The van der Waals surface area contributed by atoms with Crippen molar-refractivity contribution >= 4 is 35.8 Å². The lowest BCUT2D eigenvalue weighted by atomic mass is 10.3. The standard InChI is InChI=1S/C17H24N6O2.HI/c1-4-19-17(22-11-15-23-12(2)13(3)25-15)21-9-8-20-16(24)14-6-5-7-18-10-14;/h5-7,10H,4,8-9,11H2,1-3H3,(H,20,24)(H2,19,21,22);1H. The summed E-state index contributed by atoms with van der Waals surface area (Å²) in [5.74, 6) is 1.88. The normalized spacial score (nSPS) is 10.8. The van der Waals surface area contributed by atoms with Gasteiger partial charge < -0.3 is 20.4 Å². The molecule has 0 aliphatic carbocycles. The Kier molecular flexibility index (Phi) is 9.63. The van der Waals surface area contributed by atoms with Gasteiger partial charge >= 0.3 is 0 Å². The molecule has 0 aromatic carbocycles. The SMILES string of the molecule is CCNC(=NCc1nc(C)c(C)o1)NCCNC(=O)c1cccnc1.I. The van der Waals surface area contributed by atoms with Gasteiger partial charge in [-0.15, -0.1) is 24.0 Å². The molecule has 9 heteroatoms. The maximum absolute atomic E-state index is 11.9. The lowest BCUT2D eigenvalue weighted by Gasteiger charge is -2.11. The van der Waals surface area contributed by atoms with Crippen molar-refractivity contribution in [1.82, 2.24) is 25.9 Å². The van der Waals surface area contributed by atoms with Crippen LogP contribution >= 0.6 is 24.0 Å². The van der Waals surface area contributed by atoms with E-state index >= 15 is 0 Å². The highest BCUT2D eigenvalue weighted by Crippen LogP contribution is 2.08. The number of aliphatic imine (C=N–C) groups is 1. The topological polar surface area (TPSA) is 104 Å². The van der Waals surface area contributed by atoms with Crippen LogP contribution in [0.3, 0.4) is 0 Å². The quantitative estimate of drug-likeness (QED) is 0.246. The van der Waals surface area contributed by atoms with Crippen molar-refractivity contribution in [3.63, 3.8) is 0 Å². The van der Waals surface area contributed by atoms with Gasteiger partial charge in [-0.3, -0.25) is 9.78 Å². The molecule has 26 heavy (non-hydrogen) atoms. The summed E-state index contributed by atoms with van der Waals surface area (Å²) in [6.07, 6.45) is 3.17. The Bertz CT molecular complexity index is 698. The second kappa shape index (κ2) is 11.4. The van der Waals surface area contributed by atoms with Gasteiger partial charge in [0.1, 0.15) is 12.3 Å². The number of halogens is 1. The Labute approximate surface area is 170 Å². The first kappa shape index (κ1) is 21.9. The van der Waals surface area contributed by atoms with Crippen molar-refractivity contribution in [3.8, 4) is 0 Å². The molecule has 142 valence electrons. The van der Waals surface area contributed by atoms with E-state index in [2.05, 4.69) is 30.9 Å². The first-order valence-electron chi connectivity index (χ1n) is 8.23. The molecule has 2 aromatic rings.